The van der Waals surface area contributed by atoms with Gasteiger partial charge in [0.25, 0.3) is 0 Å². The normalized spacial score (nSPS) is 11.3. The second-order valence-electron chi connectivity index (χ2n) is 4.02. The number of hydrogen-bond acceptors (Lipinski definition) is 2. The summed E-state index contributed by atoms with van der Waals surface area (Å²) in [5, 5.41) is 0. The van der Waals surface area contributed by atoms with E-state index in [0.29, 0.717) is 11.6 Å². The Morgan fingerprint density at radius 2 is 1.80 bits per heavy atom. The van der Waals surface area contributed by atoms with Crippen molar-refractivity contribution in [1.29, 1.82) is 0 Å². The molecule has 0 aliphatic rings. The molecular formula is C13H12F2N2O2S. The van der Waals surface area contributed by atoms with Crippen LogP contribution in [0.25, 0.3) is 4.72 Å². The maximum atomic E-state index is 13.5. The lowest BCUT2D eigenvalue weighted by molar-refractivity contribution is -0.387. The molecule has 0 amide bonds. The van der Waals surface area contributed by atoms with Crippen LogP contribution in [0.3, 0.4) is 0 Å². The molecule has 7 heteroatoms. The molecule has 2 rings (SSSR count). The zero-order valence-electron chi connectivity index (χ0n) is 10.4. The molecular weight excluding hydrogens is 286 g/mol. The molecule has 0 unspecified atom stereocenters. The molecule has 0 fully saturated rings. The van der Waals surface area contributed by atoms with Gasteiger partial charge in [0, 0.05) is 11.6 Å². The Morgan fingerprint density at radius 1 is 1.10 bits per heavy atom. The van der Waals surface area contributed by atoms with Crippen LogP contribution in [0.2, 0.25) is 0 Å². The Bertz CT molecular complexity index is 733. The molecule has 0 aliphatic carbocycles. The molecule has 0 heterocycles. The summed E-state index contributed by atoms with van der Waals surface area (Å²) < 4.78 is 54.0. The van der Waals surface area contributed by atoms with E-state index in [0.717, 1.165) is 12.1 Å². The SMILES string of the molecule is [NH3+]Cc1ccccc1S(=O)(=O)[N-]c1ccc(F)cc1F. The van der Waals surface area contributed by atoms with Gasteiger partial charge in [-0.3, -0.25) is 0 Å². The molecule has 0 aromatic heterocycles. The van der Waals surface area contributed by atoms with Crippen LogP contribution < -0.4 is 5.73 Å². The summed E-state index contributed by atoms with van der Waals surface area (Å²) in [4.78, 5) is -0.0290. The highest BCUT2D eigenvalue weighted by Crippen LogP contribution is 2.31. The van der Waals surface area contributed by atoms with Crippen LogP contribution in [0.1, 0.15) is 5.56 Å². The quantitative estimate of drug-likeness (QED) is 0.938. The first-order valence-corrected chi connectivity index (χ1v) is 7.18. The van der Waals surface area contributed by atoms with Gasteiger partial charge < -0.3 is 10.5 Å². The smallest absolute Gasteiger partial charge is 0.126 e. The number of quaternary nitrogens is 1. The molecule has 2 aromatic rings. The summed E-state index contributed by atoms with van der Waals surface area (Å²) in [5.41, 5.74) is 3.70. The molecule has 3 N–H and O–H groups in total. The summed E-state index contributed by atoms with van der Waals surface area (Å²) >= 11 is 0. The first-order chi connectivity index (χ1) is 9.44. The maximum Gasteiger partial charge on any atom is 0.126 e. The fourth-order valence-corrected chi connectivity index (χ4v) is 2.95. The fraction of sp³-hybridized carbons (Fsp3) is 0.0769. The van der Waals surface area contributed by atoms with Gasteiger partial charge in [-0.15, -0.1) is 0 Å². The van der Waals surface area contributed by atoms with E-state index in [9.17, 15) is 17.2 Å². The molecule has 0 saturated heterocycles. The topological polar surface area (TPSA) is 75.9 Å². The highest BCUT2D eigenvalue weighted by Gasteiger charge is 2.11. The van der Waals surface area contributed by atoms with Crippen molar-refractivity contribution in [1.82, 2.24) is 0 Å². The Kier molecular flexibility index (Phi) is 4.01. The molecule has 0 aliphatic heterocycles. The van der Waals surface area contributed by atoms with Crippen molar-refractivity contribution in [3.05, 3.63) is 64.4 Å². The first kappa shape index (κ1) is 14.4. The van der Waals surface area contributed by atoms with E-state index in [1.807, 2.05) is 0 Å². The lowest BCUT2D eigenvalue weighted by Gasteiger charge is -2.23. The van der Waals surface area contributed by atoms with Crippen LogP contribution >= 0.6 is 0 Å². The third-order valence-corrected chi connectivity index (χ3v) is 4.04. The zero-order valence-corrected chi connectivity index (χ0v) is 11.2. The summed E-state index contributed by atoms with van der Waals surface area (Å²) in [5.74, 6) is -1.82. The van der Waals surface area contributed by atoms with Gasteiger partial charge in [0.05, 0.1) is 4.90 Å². The van der Waals surface area contributed by atoms with Crippen molar-refractivity contribution in [2.75, 3.05) is 0 Å². The lowest BCUT2D eigenvalue weighted by Crippen LogP contribution is -2.47. The van der Waals surface area contributed by atoms with Crippen molar-refractivity contribution < 1.29 is 22.9 Å². The van der Waals surface area contributed by atoms with E-state index >= 15 is 0 Å². The summed E-state index contributed by atoms with van der Waals surface area (Å²) in [6.45, 7) is 0.261. The number of sulfonamides is 1. The van der Waals surface area contributed by atoms with E-state index in [-0.39, 0.29) is 11.4 Å². The number of rotatable bonds is 4. The number of hydrogen-bond donors (Lipinski definition) is 1. The Hall–Kier alpha value is -1.99. The molecule has 0 saturated carbocycles. The molecule has 0 atom stereocenters. The predicted octanol–water partition coefficient (Wildman–Crippen LogP) is 2.10. The van der Waals surface area contributed by atoms with E-state index in [4.69, 9.17) is 0 Å². The molecule has 0 bridgehead atoms. The predicted molar refractivity (Wildman–Crippen MR) is 69.6 cm³/mol. The van der Waals surface area contributed by atoms with Crippen LogP contribution in [-0.2, 0) is 16.6 Å². The highest BCUT2D eigenvalue weighted by atomic mass is 32.2. The number of halogens is 2. The molecule has 106 valence electrons. The fourth-order valence-electron chi connectivity index (χ4n) is 1.70. The Labute approximate surface area is 115 Å². The van der Waals surface area contributed by atoms with Crippen LogP contribution in [0.15, 0.2) is 47.4 Å². The summed E-state index contributed by atoms with van der Waals surface area (Å²) in [7, 11) is -4.07. The van der Waals surface area contributed by atoms with Crippen LogP contribution in [-0.4, -0.2) is 8.42 Å². The average molecular weight is 298 g/mol. The van der Waals surface area contributed by atoms with Gasteiger partial charge >= 0.3 is 0 Å². The van der Waals surface area contributed by atoms with Crippen LogP contribution in [0.5, 0.6) is 0 Å². The van der Waals surface area contributed by atoms with Gasteiger partial charge in [0.2, 0.25) is 0 Å². The van der Waals surface area contributed by atoms with E-state index in [1.165, 1.54) is 6.07 Å². The highest BCUT2D eigenvalue weighted by molar-refractivity contribution is 7.94. The first-order valence-electron chi connectivity index (χ1n) is 5.74. The Morgan fingerprint density at radius 3 is 2.45 bits per heavy atom. The monoisotopic (exact) mass is 298 g/mol. The number of nitrogens with zero attached hydrogens (tertiary/aromatic N) is 1. The van der Waals surface area contributed by atoms with Crippen molar-refractivity contribution in [3.8, 4) is 0 Å². The minimum absolute atomic E-state index is 0.0290. The minimum Gasteiger partial charge on any atom is -0.570 e. The molecule has 0 radical (unpaired) electrons. The van der Waals surface area contributed by atoms with Gasteiger partial charge in [-0.2, -0.15) is 0 Å². The molecule has 20 heavy (non-hydrogen) atoms. The standard InChI is InChI=1S/C13H11F2N2O2S/c14-10-5-6-12(11(15)7-10)17-20(18,19)13-4-2-1-3-9(13)8-16/h1-7H,8,16H2/q-1/p+1. The molecule has 0 spiro atoms. The molecule has 2 aromatic carbocycles. The third-order valence-electron chi connectivity index (χ3n) is 2.65. The van der Waals surface area contributed by atoms with E-state index in [2.05, 4.69) is 10.5 Å². The number of benzene rings is 2. The average Bonchev–Trinajstić information content (AvgIpc) is 2.42. The van der Waals surface area contributed by atoms with E-state index < -0.39 is 27.3 Å². The zero-order chi connectivity index (χ0) is 14.8. The van der Waals surface area contributed by atoms with Gasteiger partial charge in [-0.05, 0) is 12.1 Å². The van der Waals surface area contributed by atoms with Crippen LogP contribution in [0.4, 0.5) is 14.5 Å². The van der Waals surface area contributed by atoms with E-state index in [1.54, 1.807) is 18.2 Å². The maximum absolute atomic E-state index is 13.5. The summed E-state index contributed by atoms with van der Waals surface area (Å²) in [6.07, 6.45) is 0. The van der Waals surface area contributed by atoms with Crippen molar-refractivity contribution in [3.63, 3.8) is 0 Å². The van der Waals surface area contributed by atoms with Gasteiger partial charge in [-0.1, -0.05) is 30.0 Å². The van der Waals surface area contributed by atoms with Gasteiger partial charge in [0.1, 0.15) is 28.2 Å². The minimum atomic E-state index is -4.07. The Balaban J connectivity index is 2.41. The lowest BCUT2D eigenvalue weighted by atomic mass is 10.2. The second-order valence-corrected chi connectivity index (χ2v) is 5.59. The van der Waals surface area contributed by atoms with Gasteiger partial charge in [-0.25, -0.2) is 17.2 Å². The summed E-state index contributed by atoms with van der Waals surface area (Å²) in [6, 6.07) is 8.72. The second kappa shape index (κ2) is 5.56. The van der Waals surface area contributed by atoms with Gasteiger partial charge in [0.15, 0.2) is 0 Å². The molecule has 4 nitrogen and oxygen atoms in total. The third kappa shape index (κ3) is 2.94. The largest absolute Gasteiger partial charge is 0.570 e. The van der Waals surface area contributed by atoms with Crippen molar-refractivity contribution in [2.45, 2.75) is 11.4 Å². The van der Waals surface area contributed by atoms with Crippen molar-refractivity contribution >= 4 is 15.7 Å². The van der Waals surface area contributed by atoms with Crippen LogP contribution in [0, 0.1) is 11.6 Å². The van der Waals surface area contributed by atoms with Crippen molar-refractivity contribution in [2.24, 2.45) is 0 Å².